The molecule has 0 atom stereocenters. The normalized spacial score (nSPS) is 13.9. The second kappa shape index (κ2) is 8.97. The average molecular weight is 447 g/mol. The highest BCUT2D eigenvalue weighted by Gasteiger charge is 2.35. The summed E-state index contributed by atoms with van der Waals surface area (Å²) in [5, 5.41) is 15.0. The number of imidazole rings is 1. The number of rotatable bonds is 9. The van der Waals surface area contributed by atoms with Gasteiger partial charge in [0.2, 0.25) is 5.28 Å². The van der Waals surface area contributed by atoms with Crippen LogP contribution in [0.5, 0.6) is 0 Å². The average Bonchev–Trinajstić information content (AvgIpc) is 3.47. The van der Waals surface area contributed by atoms with Gasteiger partial charge in [0.1, 0.15) is 5.69 Å². The van der Waals surface area contributed by atoms with Gasteiger partial charge >= 0.3 is 6.03 Å². The van der Waals surface area contributed by atoms with Crippen molar-refractivity contribution in [1.29, 1.82) is 0 Å². The number of urea groups is 1. The van der Waals surface area contributed by atoms with Gasteiger partial charge < -0.3 is 4.98 Å². The third-order valence-electron chi connectivity index (χ3n) is 4.87. The van der Waals surface area contributed by atoms with E-state index in [1.165, 1.54) is 4.88 Å². The lowest BCUT2D eigenvalue weighted by Crippen LogP contribution is -2.47. The van der Waals surface area contributed by atoms with Gasteiger partial charge in [0.15, 0.2) is 11.6 Å². The molecule has 3 aromatic rings. The monoisotopic (exact) mass is 446 g/mol. The number of nitrogens with zero attached hydrogens (tertiary/aromatic N) is 7. The highest BCUT2D eigenvalue weighted by Crippen LogP contribution is 2.34. The van der Waals surface area contributed by atoms with Crippen molar-refractivity contribution in [1.82, 2.24) is 35.1 Å². The van der Waals surface area contributed by atoms with Crippen LogP contribution in [0.2, 0.25) is 5.28 Å². The lowest BCUT2D eigenvalue weighted by atomic mass is 10.2. The Morgan fingerprint density at radius 1 is 1.23 bits per heavy atom. The van der Waals surface area contributed by atoms with Gasteiger partial charge in [-0.2, -0.15) is 9.78 Å². The zero-order valence-electron chi connectivity index (χ0n) is 16.7. The number of nitrogens with one attached hydrogen (secondary N) is 1. The van der Waals surface area contributed by atoms with Crippen LogP contribution in [0.3, 0.4) is 0 Å². The Labute approximate surface area is 183 Å². The molecule has 4 rings (SSSR count). The van der Waals surface area contributed by atoms with Crippen LogP contribution in [0, 0.1) is 0 Å². The van der Waals surface area contributed by atoms with Gasteiger partial charge in [-0.15, -0.1) is 21.5 Å². The molecule has 3 aromatic heterocycles. The molecule has 0 saturated carbocycles. The molecule has 0 aromatic carbocycles. The topological polar surface area (TPSA) is 95.8 Å². The van der Waals surface area contributed by atoms with Crippen molar-refractivity contribution in [3.8, 4) is 0 Å². The summed E-state index contributed by atoms with van der Waals surface area (Å²) >= 11 is 7.73. The molecule has 0 fully saturated rings. The van der Waals surface area contributed by atoms with Crippen LogP contribution >= 0.6 is 22.9 Å². The number of hydrogen-bond donors (Lipinski definition) is 1. The smallest absolute Gasteiger partial charge is 0.326 e. The minimum atomic E-state index is -0.131. The Bertz CT molecular complexity index is 1030. The highest BCUT2D eigenvalue weighted by atomic mass is 35.5. The number of H-pyrrole nitrogens is 1. The second-order valence-corrected chi connectivity index (χ2v) is 8.41. The minimum absolute atomic E-state index is 0.131. The molecular formula is C19H23ClN8OS. The number of aromatic nitrogens is 6. The first-order chi connectivity index (χ1) is 14.6. The first kappa shape index (κ1) is 20.5. The molecule has 0 spiro atoms. The summed E-state index contributed by atoms with van der Waals surface area (Å²) in [4.78, 5) is 26.5. The van der Waals surface area contributed by atoms with Gasteiger partial charge in [-0.05, 0) is 41.1 Å². The number of carbonyl (C=O) groups excluding carboxylic acids is 1. The minimum Gasteiger partial charge on any atom is -0.326 e. The number of tetrazole rings is 1. The maximum Gasteiger partial charge on any atom is 0.330 e. The molecule has 1 N–H and O–H groups in total. The number of amides is 2. The lowest BCUT2D eigenvalue weighted by Gasteiger charge is -2.35. The Morgan fingerprint density at radius 3 is 2.83 bits per heavy atom. The molecule has 0 unspecified atom stereocenters. The summed E-state index contributed by atoms with van der Waals surface area (Å²) < 4.78 is 0. The third kappa shape index (κ3) is 4.24. The number of aryl methyl sites for hydroxylation is 1. The summed E-state index contributed by atoms with van der Waals surface area (Å²) in [5.74, 6) is 1.24. The summed E-state index contributed by atoms with van der Waals surface area (Å²) in [5.41, 5.74) is 1.26. The van der Waals surface area contributed by atoms with E-state index in [-0.39, 0.29) is 11.3 Å². The lowest BCUT2D eigenvalue weighted by molar-refractivity contribution is 0.221. The Morgan fingerprint density at radius 2 is 2.07 bits per heavy atom. The SMILES string of the molecule is C=C1c2[nH]c(Cl)nc2N(CCCC)C(=O)N1CCCn1nnc(Cc2cccs2)n1. The number of anilines is 1. The standard InChI is InChI=1S/C19H23ClN8OS/c1-3-4-8-27-17-16(21-18(20)22-17)13(2)26(19(27)29)9-6-10-28-24-15(23-25-28)12-14-7-5-11-30-14/h5,7,11H,2-4,6,8-10,12H2,1H3,(H,21,22). The first-order valence-electron chi connectivity index (χ1n) is 9.89. The van der Waals surface area contributed by atoms with Crippen LogP contribution < -0.4 is 4.90 Å². The van der Waals surface area contributed by atoms with E-state index >= 15 is 0 Å². The quantitative estimate of drug-likeness (QED) is 0.539. The van der Waals surface area contributed by atoms with E-state index < -0.39 is 0 Å². The van der Waals surface area contributed by atoms with E-state index in [9.17, 15) is 4.79 Å². The van der Waals surface area contributed by atoms with E-state index in [1.807, 2.05) is 11.4 Å². The van der Waals surface area contributed by atoms with Gasteiger partial charge in [0.25, 0.3) is 0 Å². The zero-order chi connectivity index (χ0) is 21.1. The largest absolute Gasteiger partial charge is 0.330 e. The summed E-state index contributed by atoms with van der Waals surface area (Å²) in [6.45, 7) is 7.80. The van der Waals surface area contributed by atoms with Gasteiger partial charge in [0, 0.05) is 24.4 Å². The van der Waals surface area contributed by atoms with Crippen molar-refractivity contribution in [2.45, 2.75) is 39.2 Å². The van der Waals surface area contributed by atoms with E-state index in [4.69, 9.17) is 11.6 Å². The van der Waals surface area contributed by atoms with E-state index in [2.05, 4.69) is 44.9 Å². The number of hydrogen-bond acceptors (Lipinski definition) is 6. The third-order valence-corrected chi connectivity index (χ3v) is 5.92. The van der Waals surface area contributed by atoms with Crippen molar-refractivity contribution < 1.29 is 4.79 Å². The summed E-state index contributed by atoms with van der Waals surface area (Å²) in [6.07, 6.45) is 3.20. The number of halogens is 1. The molecule has 0 saturated heterocycles. The van der Waals surface area contributed by atoms with Crippen molar-refractivity contribution in [3.05, 3.63) is 45.8 Å². The fourth-order valence-corrected chi connectivity index (χ4v) is 4.22. The molecule has 11 heteroatoms. The van der Waals surface area contributed by atoms with Gasteiger partial charge in [-0.25, -0.2) is 4.79 Å². The Balaban J connectivity index is 1.40. The van der Waals surface area contributed by atoms with Gasteiger partial charge in [-0.3, -0.25) is 9.80 Å². The molecule has 9 nitrogen and oxygen atoms in total. The second-order valence-electron chi connectivity index (χ2n) is 7.02. The van der Waals surface area contributed by atoms with Gasteiger partial charge in [-0.1, -0.05) is 26.0 Å². The number of aromatic amines is 1. The van der Waals surface area contributed by atoms with Crippen LogP contribution in [0.25, 0.3) is 5.70 Å². The predicted octanol–water partition coefficient (Wildman–Crippen LogP) is 3.81. The molecule has 0 bridgehead atoms. The van der Waals surface area contributed by atoms with E-state index in [0.717, 1.165) is 12.8 Å². The number of fused-ring (bicyclic) bond motifs is 1. The fraction of sp³-hybridized carbons (Fsp3) is 0.421. The van der Waals surface area contributed by atoms with Crippen molar-refractivity contribution in [2.75, 3.05) is 18.0 Å². The first-order valence-corrected chi connectivity index (χ1v) is 11.2. The molecule has 1 aliphatic heterocycles. The van der Waals surface area contributed by atoms with E-state index in [0.29, 0.717) is 55.5 Å². The van der Waals surface area contributed by atoms with E-state index in [1.54, 1.807) is 25.9 Å². The van der Waals surface area contributed by atoms with Crippen LogP contribution in [0.15, 0.2) is 24.1 Å². The molecule has 158 valence electrons. The van der Waals surface area contributed by atoms with Gasteiger partial charge in [0.05, 0.1) is 12.2 Å². The van der Waals surface area contributed by atoms with Crippen LogP contribution in [0.1, 0.15) is 42.6 Å². The molecular weight excluding hydrogens is 424 g/mol. The maximum absolute atomic E-state index is 13.1. The molecule has 0 aliphatic carbocycles. The van der Waals surface area contributed by atoms with Crippen molar-refractivity contribution in [3.63, 3.8) is 0 Å². The Hall–Kier alpha value is -2.72. The highest BCUT2D eigenvalue weighted by molar-refractivity contribution is 7.09. The molecule has 1 aliphatic rings. The molecule has 30 heavy (non-hydrogen) atoms. The zero-order valence-corrected chi connectivity index (χ0v) is 18.3. The van der Waals surface area contributed by atoms with Crippen LogP contribution in [-0.2, 0) is 13.0 Å². The molecule has 0 radical (unpaired) electrons. The number of thiophene rings is 1. The fourth-order valence-electron chi connectivity index (χ4n) is 3.35. The summed E-state index contributed by atoms with van der Waals surface area (Å²) in [7, 11) is 0. The van der Waals surface area contributed by atoms with Crippen LogP contribution in [-0.4, -0.2) is 54.2 Å². The van der Waals surface area contributed by atoms with Crippen molar-refractivity contribution >= 4 is 40.5 Å². The predicted molar refractivity (Wildman–Crippen MR) is 117 cm³/mol. The summed E-state index contributed by atoms with van der Waals surface area (Å²) in [6, 6.07) is 3.93. The number of carbonyl (C=O) groups is 1. The molecule has 2 amide bonds. The maximum atomic E-state index is 13.1. The van der Waals surface area contributed by atoms with Crippen LogP contribution in [0.4, 0.5) is 10.6 Å². The number of unbranched alkanes of at least 4 members (excludes halogenated alkanes) is 1. The molecule has 4 heterocycles. The van der Waals surface area contributed by atoms with Crippen molar-refractivity contribution in [2.24, 2.45) is 0 Å². The Kier molecular flexibility index (Phi) is 6.14.